The van der Waals surface area contributed by atoms with Crippen LogP contribution in [0.4, 0.5) is 0 Å². The Hall–Kier alpha value is -1.13. The fourth-order valence-corrected chi connectivity index (χ4v) is 2.43. The molecule has 0 saturated heterocycles. The summed E-state index contributed by atoms with van der Waals surface area (Å²) in [5, 5.41) is 0. The first-order chi connectivity index (χ1) is 7.96. The smallest absolute Gasteiger partial charge is 0.0992 e. The summed E-state index contributed by atoms with van der Waals surface area (Å²) in [6.07, 6.45) is 6.33. The minimum absolute atomic E-state index is 0.185. The molecule has 0 amide bonds. The molecular formula is C13H16BrN3. The molecule has 0 aliphatic heterocycles. The highest BCUT2D eigenvalue weighted by Crippen LogP contribution is 2.23. The molecule has 3 nitrogen and oxygen atoms in total. The van der Waals surface area contributed by atoms with Gasteiger partial charge < -0.3 is 10.3 Å². The third-order valence-corrected chi connectivity index (χ3v) is 3.09. The number of rotatable bonds is 3. The van der Waals surface area contributed by atoms with Crippen molar-refractivity contribution in [1.29, 1.82) is 0 Å². The van der Waals surface area contributed by atoms with E-state index in [1.54, 1.807) is 12.5 Å². The molecule has 1 aromatic heterocycles. The Morgan fingerprint density at radius 1 is 1.41 bits per heavy atom. The van der Waals surface area contributed by atoms with Crippen LogP contribution in [-0.4, -0.2) is 15.1 Å². The molecule has 4 heteroatoms. The number of benzene rings is 1. The Bertz CT molecular complexity index is 498. The summed E-state index contributed by atoms with van der Waals surface area (Å²) in [6, 6.07) is 6.30. The first-order valence-electron chi connectivity index (χ1n) is 5.51. The number of aromatic nitrogens is 2. The lowest BCUT2D eigenvalue weighted by Crippen LogP contribution is -2.34. The van der Waals surface area contributed by atoms with Crippen LogP contribution < -0.4 is 5.73 Å². The number of hydrogen-bond acceptors (Lipinski definition) is 2. The summed E-state index contributed by atoms with van der Waals surface area (Å²) < 4.78 is 3.03. The molecule has 0 aliphatic rings. The molecule has 0 bridgehead atoms. The standard InChI is InChI=1S/C13H16BrN3/c1-13(2,15)8-10-3-4-12(11(14)7-10)17-6-5-16-9-17/h3-7,9H,8,15H2,1-2H3. The molecule has 2 rings (SSSR count). The van der Waals surface area contributed by atoms with Crippen LogP contribution in [0.15, 0.2) is 41.4 Å². The van der Waals surface area contributed by atoms with Gasteiger partial charge in [-0.2, -0.15) is 0 Å². The summed E-state index contributed by atoms with van der Waals surface area (Å²) in [7, 11) is 0. The van der Waals surface area contributed by atoms with Crippen molar-refractivity contribution in [3.05, 3.63) is 47.0 Å². The van der Waals surface area contributed by atoms with Crippen molar-refractivity contribution in [3.8, 4) is 5.69 Å². The first kappa shape index (κ1) is 12.3. The quantitative estimate of drug-likeness (QED) is 0.946. The molecule has 0 spiro atoms. The van der Waals surface area contributed by atoms with Gasteiger partial charge in [0.2, 0.25) is 0 Å². The van der Waals surface area contributed by atoms with Crippen molar-refractivity contribution in [1.82, 2.24) is 9.55 Å². The second-order valence-corrected chi connectivity index (χ2v) is 5.78. The zero-order valence-corrected chi connectivity index (χ0v) is 11.6. The van der Waals surface area contributed by atoms with E-state index in [1.165, 1.54) is 5.56 Å². The summed E-state index contributed by atoms with van der Waals surface area (Å²) in [4.78, 5) is 4.04. The first-order valence-corrected chi connectivity index (χ1v) is 6.31. The molecule has 2 N–H and O–H groups in total. The topological polar surface area (TPSA) is 43.8 Å². The molecule has 0 aliphatic carbocycles. The lowest BCUT2D eigenvalue weighted by Gasteiger charge is -2.19. The predicted octanol–water partition coefficient (Wildman–Crippen LogP) is 2.91. The molecule has 1 aromatic carbocycles. The Balaban J connectivity index is 2.30. The zero-order valence-electron chi connectivity index (χ0n) is 10.0. The van der Waals surface area contributed by atoms with Crippen LogP contribution in [0, 0.1) is 0 Å². The van der Waals surface area contributed by atoms with E-state index < -0.39 is 0 Å². The van der Waals surface area contributed by atoms with Gasteiger partial charge in [-0.05, 0) is 53.9 Å². The highest BCUT2D eigenvalue weighted by Gasteiger charge is 2.12. The Morgan fingerprint density at radius 3 is 2.71 bits per heavy atom. The molecule has 90 valence electrons. The lowest BCUT2D eigenvalue weighted by atomic mass is 9.96. The van der Waals surface area contributed by atoms with Crippen LogP contribution >= 0.6 is 15.9 Å². The summed E-state index contributed by atoms with van der Waals surface area (Å²) in [6.45, 7) is 4.06. The molecule has 0 unspecified atom stereocenters. The summed E-state index contributed by atoms with van der Waals surface area (Å²) in [5.74, 6) is 0. The number of halogens is 1. The molecular weight excluding hydrogens is 278 g/mol. The Labute approximate surface area is 110 Å². The van der Waals surface area contributed by atoms with Gasteiger partial charge in [0.05, 0.1) is 12.0 Å². The Kier molecular flexibility index (Phi) is 3.35. The second kappa shape index (κ2) is 4.63. The van der Waals surface area contributed by atoms with E-state index >= 15 is 0 Å². The highest BCUT2D eigenvalue weighted by molar-refractivity contribution is 9.10. The maximum absolute atomic E-state index is 6.02. The van der Waals surface area contributed by atoms with Gasteiger partial charge in [-0.25, -0.2) is 4.98 Å². The zero-order chi connectivity index (χ0) is 12.5. The van der Waals surface area contributed by atoms with Crippen LogP contribution in [0.2, 0.25) is 0 Å². The van der Waals surface area contributed by atoms with Crippen molar-refractivity contribution in [2.75, 3.05) is 0 Å². The maximum Gasteiger partial charge on any atom is 0.0992 e. The predicted molar refractivity (Wildman–Crippen MR) is 73.2 cm³/mol. The largest absolute Gasteiger partial charge is 0.325 e. The minimum Gasteiger partial charge on any atom is -0.325 e. The van der Waals surface area contributed by atoms with Gasteiger partial charge in [0.1, 0.15) is 0 Å². The summed E-state index contributed by atoms with van der Waals surface area (Å²) >= 11 is 3.59. The van der Waals surface area contributed by atoms with Crippen LogP contribution in [0.3, 0.4) is 0 Å². The second-order valence-electron chi connectivity index (χ2n) is 4.92. The van der Waals surface area contributed by atoms with E-state index in [9.17, 15) is 0 Å². The van der Waals surface area contributed by atoms with Gasteiger partial charge in [0, 0.05) is 22.4 Å². The van der Waals surface area contributed by atoms with Gasteiger partial charge >= 0.3 is 0 Å². The molecule has 2 aromatic rings. The fourth-order valence-electron chi connectivity index (χ4n) is 1.80. The molecule has 0 saturated carbocycles. The van der Waals surface area contributed by atoms with E-state index in [0.717, 1.165) is 16.6 Å². The third-order valence-electron chi connectivity index (χ3n) is 2.45. The number of imidazole rings is 1. The van der Waals surface area contributed by atoms with Crippen LogP contribution in [0.1, 0.15) is 19.4 Å². The maximum atomic E-state index is 6.02. The lowest BCUT2D eigenvalue weighted by molar-refractivity contribution is 0.516. The van der Waals surface area contributed by atoms with Crippen LogP contribution in [0.5, 0.6) is 0 Å². The van der Waals surface area contributed by atoms with Gasteiger partial charge in [-0.3, -0.25) is 0 Å². The molecule has 17 heavy (non-hydrogen) atoms. The number of nitrogens with two attached hydrogens (primary N) is 1. The number of nitrogens with zero attached hydrogens (tertiary/aromatic N) is 2. The van der Waals surface area contributed by atoms with Crippen molar-refractivity contribution in [3.63, 3.8) is 0 Å². The van der Waals surface area contributed by atoms with Gasteiger partial charge in [-0.15, -0.1) is 0 Å². The average Bonchev–Trinajstić information content (AvgIpc) is 2.68. The van der Waals surface area contributed by atoms with Crippen molar-refractivity contribution in [2.45, 2.75) is 25.8 Å². The summed E-state index contributed by atoms with van der Waals surface area (Å²) in [5.41, 5.74) is 8.15. The molecule has 0 fully saturated rings. The van der Waals surface area contributed by atoms with Crippen molar-refractivity contribution in [2.24, 2.45) is 5.73 Å². The van der Waals surface area contributed by atoms with Gasteiger partial charge in [0.25, 0.3) is 0 Å². The average molecular weight is 294 g/mol. The fraction of sp³-hybridized carbons (Fsp3) is 0.308. The van der Waals surface area contributed by atoms with E-state index in [-0.39, 0.29) is 5.54 Å². The highest BCUT2D eigenvalue weighted by atomic mass is 79.9. The van der Waals surface area contributed by atoms with E-state index in [2.05, 4.69) is 39.1 Å². The van der Waals surface area contributed by atoms with E-state index in [4.69, 9.17) is 5.73 Å². The molecule has 1 heterocycles. The van der Waals surface area contributed by atoms with Crippen molar-refractivity contribution >= 4 is 15.9 Å². The van der Waals surface area contributed by atoms with Gasteiger partial charge in [0.15, 0.2) is 0 Å². The van der Waals surface area contributed by atoms with Crippen LogP contribution in [-0.2, 0) is 6.42 Å². The van der Waals surface area contributed by atoms with Gasteiger partial charge in [-0.1, -0.05) is 6.07 Å². The van der Waals surface area contributed by atoms with E-state index in [1.807, 2.05) is 24.6 Å². The Morgan fingerprint density at radius 2 is 2.18 bits per heavy atom. The normalized spacial score (nSPS) is 11.8. The SMILES string of the molecule is CC(C)(N)Cc1ccc(-n2ccnc2)c(Br)c1. The number of hydrogen-bond donors (Lipinski definition) is 1. The molecule has 0 radical (unpaired) electrons. The van der Waals surface area contributed by atoms with Crippen molar-refractivity contribution < 1.29 is 0 Å². The minimum atomic E-state index is -0.185. The monoisotopic (exact) mass is 293 g/mol. The molecule has 0 atom stereocenters. The van der Waals surface area contributed by atoms with Crippen LogP contribution in [0.25, 0.3) is 5.69 Å². The third kappa shape index (κ3) is 3.17. The van der Waals surface area contributed by atoms with E-state index in [0.29, 0.717) is 0 Å².